The van der Waals surface area contributed by atoms with E-state index in [2.05, 4.69) is 23.2 Å². The minimum atomic E-state index is 0. The summed E-state index contributed by atoms with van der Waals surface area (Å²) in [4.78, 5) is 0. The van der Waals surface area contributed by atoms with Gasteiger partial charge in [-0.1, -0.05) is 43.8 Å². The molecule has 1 fully saturated rings. The third-order valence-electron chi connectivity index (χ3n) is 3.80. The molecule has 4 nitrogen and oxygen atoms in total. The van der Waals surface area contributed by atoms with Crippen molar-refractivity contribution in [3.8, 4) is 11.8 Å². The van der Waals surface area contributed by atoms with Crippen molar-refractivity contribution in [3.05, 3.63) is 74.9 Å². The number of ether oxygens (including phenoxy) is 2. The van der Waals surface area contributed by atoms with E-state index in [1.807, 2.05) is 38.1 Å². The molecular formula is C19H21NO3. The van der Waals surface area contributed by atoms with E-state index < -0.39 is 0 Å². The molecule has 1 saturated heterocycles. The van der Waals surface area contributed by atoms with Gasteiger partial charge >= 0.3 is 6.07 Å². The Morgan fingerprint density at radius 1 is 1.17 bits per heavy atom. The van der Waals surface area contributed by atoms with Gasteiger partial charge in [-0.05, 0) is 30.5 Å². The van der Waals surface area contributed by atoms with Crippen LogP contribution in [0, 0.1) is 25.1 Å². The van der Waals surface area contributed by atoms with Crippen LogP contribution in [-0.2, 0) is 4.74 Å². The highest BCUT2D eigenvalue weighted by molar-refractivity contribution is 5.48. The van der Waals surface area contributed by atoms with E-state index in [0.717, 1.165) is 16.9 Å². The van der Waals surface area contributed by atoms with E-state index >= 15 is 0 Å². The summed E-state index contributed by atoms with van der Waals surface area (Å²) in [5.74, 6) is 0.735. The van der Waals surface area contributed by atoms with E-state index in [1.165, 1.54) is 5.56 Å². The van der Waals surface area contributed by atoms with Crippen molar-refractivity contribution in [1.82, 2.24) is 0 Å². The zero-order valence-corrected chi connectivity index (χ0v) is 12.6. The maximum absolute atomic E-state index is 10.4. The van der Waals surface area contributed by atoms with Crippen LogP contribution in [0.5, 0.6) is 5.75 Å². The number of hydrogen-bond acceptors (Lipinski definition) is 3. The highest BCUT2D eigenvalue weighted by Crippen LogP contribution is 2.39. The van der Waals surface area contributed by atoms with Crippen LogP contribution in [-0.4, -0.2) is 12.7 Å². The van der Waals surface area contributed by atoms with Crippen molar-refractivity contribution in [1.29, 1.82) is 0 Å². The van der Waals surface area contributed by atoms with Crippen LogP contribution >= 0.6 is 0 Å². The molecule has 2 unspecified atom stereocenters. The van der Waals surface area contributed by atoms with Gasteiger partial charge in [0.05, 0.1) is 0 Å². The molecule has 0 spiro atoms. The summed E-state index contributed by atoms with van der Waals surface area (Å²) in [5, 5.41) is 13.1. The Balaban J connectivity index is 0.00000192. The maximum Gasteiger partial charge on any atom is 0.337 e. The Morgan fingerprint density at radius 3 is 2.61 bits per heavy atom. The second-order valence-electron chi connectivity index (χ2n) is 5.45. The van der Waals surface area contributed by atoms with Gasteiger partial charge in [0.2, 0.25) is 0 Å². The largest absolute Gasteiger partial charge is 0.498 e. The van der Waals surface area contributed by atoms with Crippen LogP contribution in [0.1, 0.15) is 35.8 Å². The van der Waals surface area contributed by atoms with Crippen molar-refractivity contribution in [2.24, 2.45) is 0 Å². The van der Waals surface area contributed by atoms with Gasteiger partial charge in [0.1, 0.15) is 30.1 Å². The fraction of sp³-hybridized carbons (Fsp3) is 0.316. The Labute approximate surface area is 137 Å². The summed E-state index contributed by atoms with van der Waals surface area (Å²) in [6, 6.07) is 16.3. The lowest BCUT2D eigenvalue weighted by Crippen LogP contribution is -2.07. The highest BCUT2D eigenvalue weighted by atomic mass is 16.6. The van der Waals surface area contributed by atoms with Gasteiger partial charge < -0.3 is 14.7 Å². The van der Waals surface area contributed by atoms with Crippen LogP contribution in [0.15, 0.2) is 42.5 Å². The molecule has 3 rings (SSSR count). The van der Waals surface area contributed by atoms with Gasteiger partial charge in [0.15, 0.2) is 0 Å². The first-order chi connectivity index (χ1) is 10.7. The van der Waals surface area contributed by atoms with Gasteiger partial charge in [0.25, 0.3) is 0 Å². The van der Waals surface area contributed by atoms with Crippen LogP contribution in [0.3, 0.4) is 0 Å². The van der Waals surface area contributed by atoms with Gasteiger partial charge in [-0.2, -0.15) is 0 Å². The number of aryl methyl sites for hydroxylation is 2. The second kappa shape index (κ2) is 7.17. The molecule has 2 aromatic carbocycles. The van der Waals surface area contributed by atoms with Crippen LogP contribution < -0.4 is 4.74 Å². The molecule has 4 heteroatoms. The van der Waals surface area contributed by atoms with E-state index in [0.29, 0.717) is 12.2 Å². The Kier molecular flexibility index (Phi) is 5.25. The SMILES string of the molecule is C.Cc1cc(C)c(OCC2OC2c2ccccc2)cc1C#[N+][O-]. The zero-order valence-electron chi connectivity index (χ0n) is 12.6. The highest BCUT2D eigenvalue weighted by Gasteiger charge is 2.40. The first kappa shape index (κ1) is 16.9. The lowest BCUT2D eigenvalue weighted by atomic mass is 10.1. The molecule has 2 atom stereocenters. The van der Waals surface area contributed by atoms with Crippen molar-refractivity contribution >= 4 is 0 Å². The summed E-state index contributed by atoms with van der Waals surface area (Å²) < 4.78 is 11.5. The summed E-state index contributed by atoms with van der Waals surface area (Å²) >= 11 is 0. The summed E-state index contributed by atoms with van der Waals surface area (Å²) in [5.41, 5.74) is 3.80. The van der Waals surface area contributed by atoms with Crippen LogP contribution in [0.4, 0.5) is 0 Å². The molecule has 0 saturated carbocycles. The lowest BCUT2D eigenvalue weighted by molar-refractivity contribution is 0.259. The average Bonchev–Trinajstić information content (AvgIpc) is 3.29. The monoisotopic (exact) mass is 311 g/mol. The van der Waals surface area contributed by atoms with Gasteiger partial charge in [-0.15, -0.1) is 0 Å². The summed E-state index contributed by atoms with van der Waals surface area (Å²) in [7, 11) is 0. The maximum atomic E-state index is 10.4. The third kappa shape index (κ3) is 3.82. The summed E-state index contributed by atoms with van der Waals surface area (Å²) in [6.45, 7) is 4.38. The molecule has 1 aliphatic rings. The number of nitrogens with zero attached hydrogens (tertiary/aromatic N) is 1. The predicted molar refractivity (Wildman–Crippen MR) is 91.9 cm³/mol. The molecule has 0 N–H and O–H groups in total. The van der Waals surface area contributed by atoms with Crippen molar-refractivity contribution < 1.29 is 9.47 Å². The number of benzene rings is 2. The molecular weight excluding hydrogens is 290 g/mol. The van der Waals surface area contributed by atoms with E-state index in [1.54, 1.807) is 6.07 Å². The van der Waals surface area contributed by atoms with E-state index in [-0.39, 0.29) is 19.6 Å². The normalized spacial score (nSPS) is 18.3. The van der Waals surface area contributed by atoms with Crippen molar-refractivity contribution in [2.45, 2.75) is 33.5 Å². The molecule has 0 aliphatic carbocycles. The fourth-order valence-corrected chi connectivity index (χ4v) is 2.54. The van der Waals surface area contributed by atoms with Gasteiger partial charge in [0, 0.05) is 11.1 Å². The topological polar surface area (TPSA) is 49.2 Å². The third-order valence-corrected chi connectivity index (χ3v) is 3.80. The van der Waals surface area contributed by atoms with Crippen LogP contribution in [0.2, 0.25) is 0 Å². The number of hydrogen-bond donors (Lipinski definition) is 0. The quantitative estimate of drug-likeness (QED) is 0.610. The predicted octanol–water partition coefficient (Wildman–Crippen LogP) is 4.64. The minimum absolute atomic E-state index is 0. The fourth-order valence-electron chi connectivity index (χ4n) is 2.54. The average molecular weight is 311 g/mol. The molecule has 2 aromatic rings. The second-order valence-corrected chi connectivity index (χ2v) is 5.45. The number of rotatable bonds is 4. The van der Waals surface area contributed by atoms with Gasteiger partial charge in [-0.25, -0.2) is 0 Å². The standard InChI is InChI=1S/C18H17NO3.CH4/c1-12-8-13(2)16(9-15(12)10-19-20)21-11-17-18(22-17)14-6-4-3-5-7-14;/h3-9,17-18H,11H2,1-2H3;1H4. The van der Waals surface area contributed by atoms with Gasteiger partial charge in [-0.3, -0.25) is 0 Å². The molecule has 23 heavy (non-hydrogen) atoms. The summed E-state index contributed by atoms with van der Waals surface area (Å²) in [6.07, 6.45) is 0.185. The van der Waals surface area contributed by atoms with E-state index in [9.17, 15) is 5.21 Å². The molecule has 0 aromatic heterocycles. The molecule has 0 bridgehead atoms. The first-order valence-electron chi connectivity index (χ1n) is 7.22. The Morgan fingerprint density at radius 2 is 1.91 bits per heavy atom. The Bertz CT molecular complexity index is 732. The molecule has 120 valence electrons. The minimum Gasteiger partial charge on any atom is -0.498 e. The molecule has 0 radical (unpaired) electrons. The first-order valence-corrected chi connectivity index (χ1v) is 7.22. The molecule has 1 aliphatic heterocycles. The van der Waals surface area contributed by atoms with Crippen molar-refractivity contribution in [3.63, 3.8) is 0 Å². The van der Waals surface area contributed by atoms with Crippen LogP contribution in [0.25, 0.3) is 5.01 Å². The smallest absolute Gasteiger partial charge is 0.337 e. The Hall–Kier alpha value is -2.51. The molecule has 0 amide bonds. The zero-order chi connectivity index (χ0) is 15.5. The lowest BCUT2D eigenvalue weighted by Gasteiger charge is -2.09. The van der Waals surface area contributed by atoms with Crippen molar-refractivity contribution in [2.75, 3.05) is 6.61 Å². The number of epoxide rings is 1. The van der Waals surface area contributed by atoms with E-state index in [4.69, 9.17) is 9.47 Å². The molecule has 1 heterocycles.